The highest BCUT2D eigenvalue weighted by molar-refractivity contribution is 9.10. The maximum atomic E-state index is 11.7. The number of halogens is 1. The average Bonchev–Trinajstić information content (AvgIpc) is 2.52. The molecule has 0 radical (unpaired) electrons. The van der Waals surface area contributed by atoms with Crippen molar-refractivity contribution in [1.29, 1.82) is 0 Å². The summed E-state index contributed by atoms with van der Waals surface area (Å²) in [6, 6.07) is 14.5. The Labute approximate surface area is 137 Å². The van der Waals surface area contributed by atoms with Crippen LogP contribution in [0.15, 0.2) is 58.1 Å². The normalized spacial score (nSPS) is 11.1. The second-order valence-electron chi connectivity index (χ2n) is 4.60. The lowest BCUT2D eigenvalue weighted by Gasteiger charge is -2.06. The van der Waals surface area contributed by atoms with Crippen LogP contribution in [0, 0.1) is 0 Å². The monoisotopic (exact) mass is 361 g/mol. The van der Waals surface area contributed by atoms with Gasteiger partial charge in [0.15, 0.2) is 6.61 Å². The number of nitrogens with one attached hydrogen (secondary N) is 1. The smallest absolute Gasteiger partial charge is 0.277 e. The molecule has 0 aliphatic heterocycles. The summed E-state index contributed by atoms with van der Waals surface area (Å²) >= 11 is 3.33. The van der Waals surface area contributed by atoms with Crippen molar-refractivity contribution in [2.24, 2.45) is 5.10 Å². The van der Waals surface area contributed by atoms with E-state index in [2.05, 4.69) is 26.5 Å². The van der Waals surface area contributed by atoms with E-state index in [1.807, 2.05) is 24.3 Å². The molecule has 22 heavy (non-hydrogen) atoms. The number of ether oxygens (including phenoxy) is 1. The largest absolute Gasteiger partial charge is 0.484 e. The number of amides is 1. The van der Waals surface area contributed by atoms with Crippen LogP contribution in [0.5, 0.6) is 5.75 Å². The van der Waals surface area contributed by atoms with Crippen LogP contribution in [0.2, 0.25) is 0 Å². The van der Waals surface area contributed by atoms with Crippen molar-refractivity contribution in [2.75, 3.05) is 12.3 Å². The second-order valence-corrected chi connectivity index (χ2v) is 5.51. The molecule has 1 amide bonds. The van der Waals surface area contributed by atoms with Crippen molar-refractivity contribution in [1.82, 2.24) is 5.43 Å². The predicted octanol–water partition coefficient (Wildman–Crippen LogP) is 2.95. The molecule has 0 heterocycles. The van der Waals surface area contributed by atoms with Crippen molar-refractivity contribution in [3.8, 4) is 5.75 Å². The summed E-state index contributed by atoms with van der Waals surface area (Å²) in [5, 5.41) is 4.04. The summed E-state index contributed by atoms with van der Waals surface area (Å²) in [7, 11) is 0. The first-order valence-electron chi connectivity index (χ1n) is 6.62. The molecule has 2 aromatic carbocycles. The number of hydrogen-bond acceptors (Lipinski definition) is 4. The Morgan fingerprint density at radius 3 is 2.45 bits per heavy atom. The molecule has 0 bridgehead atoms. The summed E-state index contributed by atoms with van der Waals surface area (Å²) < 4.78 is 6.31. The molecule has 3 N–H and O–H groups in total. The quantitative estimate of drug-likeness (QED) is 0.488. The van der Waals surface area contributed by atoms with Gasteiger partial charge in [0.2, 0.25) is 0 Å². The topological polar surface area (TPSA) is 76.7 Å². The lowest BCUT2D eigenvalue weighted by atomic mass is 10.1. The summed E-state index contributed by atoms with van der Waals surface area (Å²) in [5.74, 6) is 0.301. The van der Waals surface area contributed by atoms with Crippen LogP contribution in [0.4, 0.5) is 5.69 Å². The fourth-order valence-electron chi connectivity index (χ4n) is 1.65. The van der Waals surface area contributed by atoms with Gasteiger partial charge in [0, 0.05) is 10.2 Å². The first-order chi connectivity index (χ1) is 10.5. The van der Waals surface area contributed by atoms with E-state index in [-0.39, 0.29) is 12.5 Å². The van der Waals surface area contributed by atoms with Crippen molar-refractivity contribution in [3.63, 3.8) is 0 Å². The number of hydrazone groups is 1. The van der Waals surface area contributed by atoms with Crippen molar-refractivity contribution < 1.29 is 9.53 Å². The van der Waals surface area contributed by atoms with E-state index in [1.54, 1.807) is 31.2 Å². The Kier molecular flexibility index (Phi) is 5.55. The van der Waals surface area contributed by atoms with Gasteiger partial charge in [-0.1, -0.05) is 28.1 Å². The number of carbonyl (C=O) groups is 1. The minimum absolute atomic E-state index is 0.0971. The van der Waals surface area contributed by atoms with Crippen LogP contribution < -0.4 is 15.9 Å². The van der Waals surface area contributed by atoms with Gasteiger partial charge in [0.1, 0.15) is 5.75 Å². The SMILES string of the molecule is C/C(=N\NC(=O)COc1ccc(Br)cc1)c1ccc(N)cc1. The molecule has 114 valence electrons. The van der Waals surface area contributed by atoms with Gasteiger partial charge in [-0.25, -0.2) is 5.43 Å². The Morgan fingerprint density at radius 1 is 1.18 bits per heavy atom. The molecule has 2 rings (SSSR count). The summed E-state index contributed by atoms with van der Waals surface area (Å²) in [5.41, 5.74) is 10.4. The van der Waals surface area contributed by atoms with E-state index in [4.69, 9.17) is 10.5 Å². The van der Waals surface area contributed by atoms with E-state index in [9.17, 15) is 4.79 Å². The lowest BCUT2D eigenvalue weighted by Crippen LogP contribution is -2.25. The molecule has 0 aliphatic rings. The van der Waals surface area contributed by atoms with Crippen LogP contribution in [-0.4, -0.2) is 18.2 Å². The molecule has 0 atom stereocenters. The maximum absolute atomic E-state index is 11.7. The molecule has 0 aromatic heterocycles. The van der Waals surface area contributed by atoms with Gasteiger partial charge in [-0.15, -0.1) is 0 Å². The highest BCUT2D eigenvalue weighted by Crippen LogP contribution is 2.15. The molecule has 0 saturated heterocycles. The molecule has 0 unspecified atom stereocenters. The van der Waals surface area contributed by atoms with Crippen LogP contribution in [0.25, 0.3) is 0 Å². The molecule has 5 nitrogen and oxygen atoms in total. The van der Waals surface area contributed by atoms with Crippen LogP contribution in [0.1, 0.15) is 12.5 Å². The van der Waals surface area contributed by atoms with Crippen LogP contribution in [-0.2, 0) is 4.79 Å². The average molecular weight is 362 g/mol. The molecular formula is C16H16BrN3O2. The van der Waals surface area contributed by atoms with E-state index in [0.29, 0.717) is 17.1 Å². The number of nitrogens with two attached hydrogens (primary N) is 1. The zero-order valence-corrected chi connectivity index (χ0v) is 13.6. The highest BCUT2D eigenvalue weighted by Gasteiger charge is 2.03. The Balaban J connectivity index is 1.85. The Hall–Kier alpha value is -2.34. The van der Waals surface area contributed by atoms with Crippen molar-refractivity contribution in [2.45, 2.75) is 6.92 Å². The fraction of sp³-hybridized carbons (Fsp3) is 0.125. The lowest BCUT2D eigenvalue weighted by molar-refractivity contribution is -0.123. The first kappa shape index (κ1) is 16.0. The Bertz CT molecular complexity index is 667. The zero-order valence-electron chi connectivity index (χ0n) is 12.0. The first-order valence-corrected chi connectivity index (χ1v) is 7.41. The second kappa shape index (κ2) is 7.61. The fourth-order valence-corrected chi connectivity index (χ4v) is 1.91. The maximum Gasteiger partial charge on any atom is 0.277 e. The number of nitrogen functional groups attached to an aromatic ring is 1. The van der Waals surface area contributed by atoms with Crippen molar-refractivity contribution >= 4 is 33.2 Å². The van der Waals surface area contributed by atoms with Crippen LogP contribution >= 0.6 is 15.9 Å². The van der Waals surface area contributed by atoms with Gasteiger partial charge in [-0.2, -0.15) is 5.10 Å². The van der Waals surface area contributed by atoms with E-state index < -0.39 is 0 Å². The number of rotatable bonds is 5. The molecule has 0 saturated carbocycles. The number of carbonyl (C=O) groups excluding carboxylic acids is 1. The minimum Gasteiger partial charge on any atom is -0.484 e. The molecule has 0 fully saturated rings. The van der Waals surface area contributed by atoms with E-state index in [0.717, 1.165) is 10.0 Å². The third-order valence-electron chi connectivity index (χ3n) is 2.86. The number of anilines is 1. The number of nitrogens with zero attached hydrogens (tertiary/aromatic N) is 1. The van der Waals surface area contributed by atoms with Crippen LogP contribution in [0.3, 0.4) is 0 Å². The van der Waals surface area contributed by atoms with Gasteiger partial charge in [-0.05, 0) is 48.9 Å². The van der Waals surface area contributed by atoms with Gasteiger partial charge in [-0.3, -0.25) is 4.79 Å². The summed E-state index contributed by atoms with van der Waals surface area (Å²) in [6.45, 7) is 1.71. The van der Waals surface area contributed by atoms with Gasteiger partial charge in [0.25, 0.3) is 5.91 Å². The standard InChI is InChI=1S/C16H16BrN3O2/c1-11(12-2-6-14(18)7-3-12)19-20-16(21)10-22-15-8-4-13(17)5-9-15/h2-9H,10,18H2,1H3,(H,20,21)/b19-11+. The molecule has 2 aromatic rings. The van der Waals surface area contributed by atoms with E-state index >= 15 is 0 Å². The molecule has 0 spiro atoms. The van der Waals surface area contributed by atoms with Gasteiger partial charge < -0.3 is 10.5 Å². The molecular weight excluding hydrogens is 346 g/mol. The third kappa shape index (κ3) is 4.89. The molecule has 6 heteroatoms. The van der Waals surface area contributed by atoms with E-state index in [1.165, 1.54) is 0 Å². The Morgan fingerprint density at radius 2 is 1.82 bits per heavy atom. The molecule has 0 aliphatic carbocycles. The van der Waals surface area contributed by atoms with Crippen molar-refractivity contribution in [3.05, 3.63) is 58.6 Å². The number of benzene rings is 2. The van der Waals surface area contributed by atoms with Gasteiger partial charge >= 0.3 is 0 Å². The summed E-state index contributed by atoms with van der Waals surface area (Å²) in [6.07, 6.45) is 0. The highest BCUT2D eigenvalue weighted by atomic mass is 79.9. The minimum atomic E-state index is -0.322. The third-order valence-corrected chi connectivity index (χ3v) is 3.39. The summed E-state index contributed by atoms with van der Waals surface area (Å²) in [4.78, 5) is 11.7. The predicted molar refractivity (Wildman–Crippen MR) is 90.8 cm³/mol. The number of hydrogen-bond donors (Lipinski definition) is 2. The zero-order chi connectivity index (χ0) is 15.9. The van der Waals surface area contributed by atoms with Gasteiger partial charge in [0.05, 0.1) is 5.71 Å².